The molecule has 17 heavy (non-hydrogen) atoms. The number of rotatable bonds is 4. The van der Waals surface area contributed by atoms with Crippen LogP contribution in [0.15, 0.2) is 66.4 Å². The Morgan fingerprint density at radius 3 is 1.76 bits per heavy atom. The highest BCUT2D eigenvalue weighted by Crippen LogP contribution is 2.22. The SMILES string of the molecule is ClC[SiH2]C=C(c1ccccc1)c1ccccc1. The van der Waals surface area contributed by atoms with Gasteiger partial charge in [0.2, 0.25) is 0 Å². The largest absolute Gasteiger partial charge is 0.130 e. The Morgan fingerprint density at radius 2 is 1.35 bits per heavy atom. The van der Waals surface area contributed by atoms with Gasteiger partial charge < -0.3 is 0 Å². The van der Waals surface area contributed by atoms with Crippen molar-refractivity contribution in [2.45, 2.75) is 0 Å². The zero-order chi connectivity index (χ0) is 11.9. The number of hydrogen-bond donors (Lipinski definition) is 0. The van der Waals surface area contributed by atoms with E-state index in [9.17, 15) is 0 Å². The van der Waals surface area contributed by atoms with Crippen molar-refractivity contribution in [2.24, 2.45) is 0 Å². The van der Waals surface area contributed by atoms with E-state index in [2.05, 4.69) is 54.2 Å². The normalized spacial score (nSPS) is 10.6. The molecule has 0 bridgehead atoms. The van der Waals surface area contributed by atoms with Gasteiger partial charge in [0.1, 0.15) is 0 Å². The number of benzene rings is 2. The van der Waals surface area contributed by atoms with Gasteiger partial charge in [-0.3, -0.25) is 0 Å². The second kappa shape index (κ2) is 6.43. The van der Waals surface area contributed by atoms with Crippen molar-refractivity contribution in [3.63, 3.8) is 0 Å². The molecule has 0 saturated heterocycles. The molecule has 0 aromatic heterocycles. The third-order valence-corrected chi connectivity index (χ3v) is 4.20. The Bertz CT molecular complexity index is 435. The van der Waals surface area contributed by atoms with Gasteiger partial charge in [0.05, 0.1) is 9.52 Å². The first kappa shape index (κ1) is 12.2. The average Bonchev–Trinajstić information content (AvgIpc) is 2.42. The van der Waals surface area contributed by atoms with E-state index in [1.54, 1.807) is 0 Å². The third kappa shape index (κ3) is 3.32. The molecule has 0 aliphatic rings. The van der Waals surface area contributed by atoms with E-state index in [1.165, 1.54) is 16.7 Å². The summed E-state index contributed by atoms with van der Waals surface area (Å²) in [6, 6.07) is 21.0. The van der Waals surface area contributed by atoms with Gasteiger partial charge in [-0.15, -0.1) is 11.6 Å². The van der Waals surface area contributed by atoms with Crippen LogP contribution in [0.25, 0.3) is 5.57 Å². The van der Waals surface area contributed by atoms with E-state index >= 15 is 0 Å². The molecular weight excluding hydrogens is 244 g/mol. The Morgan fingerprint density at radius 1 is 0.882 bits per heavy atom. The van der Waals surface area contributed by atoms with Gasteiger partial charge in [-0.25, -0.2) is 0 Å². The molecule has 0 heterocycles. The molecule has 0 aliphatic carbocycles. The van der Waals surface area contributed by atoms with Gasteiger partial charge in [-0.05, 0) is 16.7 Å². The number of alkyl halides is 1. The second-order valence-electron chi connectivity index (χ2n) is 3.83. The van der Waals surface area contributed by atoms with E-state index in [1.807, 2.05) is 12.1 Å². The zero-order valence-electron chi connectivity index (χ0n) is 9.64. The van der Waals surface area contributed by atoms with Crippen molar-refractivity contribution in [3.05, 3.63) is 77.5 Å². The maximum absolute atomic E-state index is 5.84. The minimum atomic E-state index is -0.310. The van der Waals surface area contributed by atoms with Crippen LogP contribution in [0.4, 0.5) is 0 Å². The molecule has 0 aliphatic heterocycles. The lowest BCUT2D eigenvalue weighted by atomic mass is 10.00. The molecule has 2 aromatic carbocycles. The summed E-state index contributed by atoms with van der Waals surface area (Å²) in [5, 5.41) is 0. The maximum atomic E-state index is 5.84. The summed E-state index contributed by atoms with van der Waals surface area (Å²) in [5.41, 5.74) is 7.01. The van der Waals surface area contributed by atoms with Crippen LogP contribution >= 0.6 is 11.6 Å². The highest BCUT2D eigenvalue weighted by molar-refractivity contribution is 6.55. The van der Waals surface area contributed by atoms with E-state index in [0.29, 0.717) is 0 Å². The smallest absolute Gasteiger partial charge is 0.0631 e. The molecule has 86 valence electrons. The van der Waals surface area contributed by atoms with E-state index in [-0.39, 0.29) is 9.52 Å². The van der Waals surface area contributed by atoms with Gasteiger partial charge in [-0.2, -0.15) is 0 Å². The standard InChI is InChI=1S/C15H15ClSi/c16-12-17-11-15(13-7-3-1-4-8-13)14-9-5-2-6-10-14/h1-11H,12,17H2. The van der Waals surface area contributed by atoms with Crippen LogP contribution in [-0.2, 0) is 0 Å². The molecule has 0 atom stereocenters. The fourth-order valence-corrected chi connectivity index (χ4v) is 3.03. The van der Waals surface area contributed by atoms with Crippen molar-refractivity contribution in [1.29, 1.82) is 0 Å². The Kier molecular flexibility index (Phi) is 4.60. The highest BCUT2D eigenvalue weighted by atomic mass is 35.5. The van der Waals surface area contributed by atoms with E-state index in [0.717, 1.165) is 5.50 Å². The fourth-order valence-electron chi connectivity index (χ4n) is 1.84. The molecule has 0 N–H and O–H groups in total. The molecule has 0 saturated carbocycles. The van der Waals surface area contributed by atoms with Crippen LogP contribution < -0.4 is 0 Å². The summed E-state index contributed by atoms with van der Waals surface area (Å²) in [6.45, 7) is 0. The topological polar surface area (TPSA) is 0 Å². The van der Waals surface area contributed by atoms with Gasteiger partial charge in [-0.1, -0.05) is 66.4 Å². The Balaban J connectivity index is 2.40. The van der Waals surface area contributed by atoms with Crippen LogP contribution in [-0.4, -0.2) is 15.0 Å². The molecule has 0 nitrogen and oxygen atoms in total. The Hall–Kier alpha value is -1.31. The van der Waals surface area contributed by atoms with E-state index in [4.69, 9.17) is 11.6 Å². The van der Waals surface area contributed by atoms with Crippen molar-refractivity contribution < 1.29 is 0 Å². The van der Waals surface area contributed by atoms with Gasteiger partial charge in [0.25, 0.3) is 0 Å². The molecular formula is C15H15ClSi. The van der Waals surface area contributed by atoms with Crippen LogP contribution in [0.3, 0.4) is 0 Å². The molecule has 0 spiro atoms. The minimum absolute atomic E-state index is 0.310. The predicted octanol–water partition coefficient (Wildman–Crippen LogP) is 3.44. The predicted molar refractivity (Wildman–Crippen MR) is 79.2 cm³/mol. The summed E-state index contributed by atoms with van der Waals surface area (Å²) in [5.74, 6) is 0. The zero-order valence-corrected chi connectivity index (χ0v) is 11.8. The summed E-state index contributed by atoms with van der Waals surface area (Å²) in [6.07, 6.45) is 0. The lowest BCUT2D eigenvalue weighted by Gasteiger charge is -2.08. The number of halogens is 1. The van der Waals surface area contributed by atoms with Crippen LogP contribution in [0.5, 0.6) is 0 Å². The van der Waals surface area contributed by atoms with Crippen LogP contribution in [0.1, 0.15) is 11.1 Å². The first-order valence-electron chi connectivity index (χ1n) is 5.79. The molecule has 2 heteroatoms. The van der Waals surface area contributed by atoms with Gasteiger partial charge in [0.15, 0.2) is 0 Å². The van der Waals surface area contributed by atoms with Gasteiger partial charge in [0, 0.05) is 5.50 Å². The van der Waals surface area contributed by atoms with Gasteiger partial charge >= 0.3 is 0 Å². The second-order valence-corrected chi connectivity index (χ2v) is 6.32. The molecule has 0 radical (unpaired) electrons. The molecule has 2 aromatic rings. The molecule has 0 unspecified atom stereocenters. The molecule has 0 fully saturated rings. The highest BCUT2D eigenvalue weighted by Gasteiger charge is 2.02. The minimum Gasteiger partial charge on any atom is -0.130 e. The Labute approximate surface area is 110 Å². The molecule has 2 rings (SSSR count). The first-order chi connectivity index (χ1) is 8.42. The fraction of sp³-hybridized carbons (Fsp3) is 0.0667. The monoisotopic (exact) mass is 258 g/mol. The maximum Gasteiger partial charge on any atom is 0.0631 e. The van der Waals surface area contributed by atoms with Crippen molar-refractivity contribution in [1.82, 2.24) is 0 Å². The third-order valence-electron chi connectivity index (χ3n) is 2.63. The summed E-state index contributed by atoms with van der Waals surface area (Å²) >= 11 is 5.84. The summed E-state index contributed by atoms with van der Waals surface area (Å²) < 4.78 is 0. The van der Waals surface area contributed by atoms with Crippen molar-refractivity contribution in [2.75, 3.05) is 5.50 Å². The molecule has 0 amide bonds. The summed E-state index contributed by atoms with van der Waals surface area (Å²) in [7, 11) is -0.310. The quantitative estimate of drug-likeness (QED) is 0.582. The van der Waals surface area contributed by atoms with E-state index < -0.39 is 0 Å². The van der Waals surface area contributed by atoms with Crippen LogP contribution in [0, 0.1) is 0 Å². The van der Waals surface area contributed by atoms with Crippen molar-refractivity contribution >= 4 is 26.7 Å². The lowest BCUT2D eigenvalue weighted by molar-refractivity contribution is 1.55. The first-order valence-corrected chi connectivity index (χ1v) is 8.14. The number of hydrogen-bond acceptors (Lipinski definition) is 0. The summed E-state index contributed by atoms with van der Waals surface area (Å²) in [4.78, 5) is 0. The average molecular weight is 259 g/mol. The van der Waals surface area contributed by atoms with Crippen molar-refractivity contribution in [3.8, 4) is 0 Å². The van der Waals surface area contributed by atoms with Crippen LogP contribution in [0.2, 0.25) is 0 Å². The lowest BCUT2D eigenvalue weighted by Crippen LogP contribution is -1.93.